The lowest BCUT2D eigenvalue weighted by atomic mass is 9.95. The first-order chi connectivity index (χ1) is 6.37. The van der Waals surface area contributed by atoms with Crippen LogP contribution in [0.15, 0.2) is 0 Å². The molecule has 0 aliphatic heterocycles. The van der Waals surface area contributed by atoms with Gasteiger partial charge in [-0.15, -0.1) is 10.1 Å². The van der Waals surface area contributed by atoms with Crippen molar-refractivity contribution in [2.24, 2.45) is 11.1 Å². The molecule has 0 aliphatic carbocycles. The van der Waals surface area contributed by atoms with Crippen molar-refractivity contribution in [1.29, 1.82) is 0 Å². The highest BCUT2D eigenvalue weighted by atomic mass is 16.9. The number of nitrogens with two attached hydrogens (primary N) is 1. The minimum atomic E-state index is -0.855. The molecule has 0 aliphatic rings. The van der Waals surface area contributed by atoms with Crippen LogP contribution >= 0.6 is 0 Å². The van der Waals surface area contributed by atoms with Crippen molar-refractivity contribution in [2.45, 2.75) is 13.8 Å². The lowest BCUT2D eigenvalue weighted by Crippen LogP contribution is -2.39. The second-order valence-corrected chi connectivity index (χ2v) is 3.64. The minimum absolute atomic E-state index is 0.0646. The summed E-state index contributed by atoms with van der Waals surface area (Å²) in [6.45, 7) is 3.62. The molecule has 0 aromatic carbocycles. The van der Waals surface area contributed by atoms with Crippen LogP contribution in [0.2, 0.25) is 0 Å². The molecule has 0 bridgehead atoms. The van der Waals surface area contributed by atoms with E-state index < -0.39 is 10.5 Å². The van der Waals surface area contributed by atoms with E-state index in [-0.39, 0.29) is 25.6 Å². The van der Waals surface area contributed by atoms with E-state index in [2.05, 4.69) is 10.2 Å². The van der Waals surface area contributed by atoms with Gasteiger partial charge in [-0.05, 0) is 0 Å². The maximum absolute atomic E-state index is 10.8. The smallest absolute Gasteiger partial charge is 0.294 e. The summed E-state index contributed by atoms with van der Waals surface area (Å²) in [6, 6.07) is 0. The Labute approximate surface area is 81.7 Å². The Bertz CT molecular complexity index is 217. The first kappa shape index (κ1) is 12.6. The molecule has 7 nitrogen and oxygen atoms in total. The van der Waals surface area contributed by atoms with Crippen LogP contribution in [0.3, 0.4) is 0 Å². The van der Waals surface area contributed by atoms with Gasteiger partial charge in [-0.3, -0.25) is 4.79 Å². The summed E-state index contributed by atoms with van der Waals surface area (Å²) < 4.78 is 0. The molecular formula is C7H15N3O4. The van der Waals surface area contributed by atoms with Gasteiger partial charge in [0, 0.05) is 12.0 Å². The van der Waals surface area contributed by atoms with E-state index in [1.54, 1.807) is 13.8 Å². The molecule has 82 valence electrons. The highest BCUT2D eigenvalue weighted by Gasteiger charge is 2.20. The van der Waals surface area contributed by atoms with Gasteiger partial charge in [-0.1, -0.05) is 13.8 Å². The second kappa shape index (κ2) is 5.38. The fourth-order valence-corrected chi connectivity index (χ4v) is 0.689. The average molecular weight is 205 g/mol. The topological polar surface area (TPSA) is 107 Å². The van der Waals surface area contributed by atoms with Crippen molar-refractivity contribution in [3.63, 3.8) is 0 Å². The maximum atomic E-state index is 10.8. The summed E-state index contributed by atoms with van der Waals surface area (Å²) in [5, 5.41) is 11.6. The third-order valence-electron chi connectivity index (χ3n) is 1.51. The second-order valence-electron chi connectivity index (χ2n) is 3.64. The number of carbonyl (C=O) groups excluding carboxylic acids is 1. The molecule has 0 unspecified atom stereocenters. The highest BCUT2D eigenvalue weighted by Crippen LogP contribution is 2.13. The van der Waals surface area contributed by atoms with Gasteiger partial charge in [0.1, 0.15) is 6.61 Å². The Hall–Kier alpha value is -1.37. The molecule has 3 N–H and O–H groups in total. The third-order valence-corrected chi connectivity index (χ3v) is 1.51. The largest absolute Gasteiger partial charge is 0.354 e. The van der Waals surface area contributed by atoms with Gasteiger partial charge >= 0.3 is 0 Å². The van der Waals surface area contributed by atoms with E-state index in [1.807, 2.05) is 0 Å². The van der Waals surface area contributed by atoms with Gasteiger partial charge in [0.2, 0.25) is 5.91 Å². The number of amides is 1. The first-order valence-corrected chi connectivity index (χ1v) is 4.11. The average Bonchev–Trinajstić information content (AvgIpc) is 2.11. The fourth-order valence-electron chi connectivity index (χ4n) is 0.689. The predicted octanol–water partition coefficient (Wildman–Crippen LogP) is -0.704. The van der Waals surface area contributed by atoms with E-state index in [4.69, 9.17) is 5.73 Å². The third kappa shape index (κ3) is 6.18. The number of hydrogen-bond donors (Lipinski definition) is 2. The Morgan fingerprint density at radius 2 is 2.21 bits per heavy atom. The zero-order valence-electron chi connectivity index (χ0n) is 8.28. The maximum Gasteiger partial charge on any atom is 0.294 e. The lowest BCUT2D eigenvalue weighted by molar-refractivity contribution is -0.760. The van der Waals surface area contributed by atoms with Crippen LogP contribution in [-0.4, -0.2) is 30.7 Å². The Kier molecular flexibility index (Phi) is 4.85. The first-order valence-electron chi connectivity index (χ1n) is 4.11. The Morgan fingerprint density at radius 3 is 2.64 bits per heavy atom. The standard InChI is InChI=1S/C7H15N3O4/c1-7(2,5-14-10(12)13)4-9-6(11)3-8/h3-5,8H2,1-2H3,(H,9,11). The minimum Gasteiger partial charge on any atom is -0.354 e. The molecule has 14 heavy (non-hydrogen) atoms. The van der Waals surface area contributed by atoms with Gasteiger partial charge in [0.15, 0.2) is 0 Å². The van der Waals surface area contributed by atoms with Crippen molar-refractivity contribution in [1.82, 2.24) is 5.32 Å². The molecule has 0 fully saturated rings. The molecular weight excluding hydrogens is 190 g/mol. The van der Waals surface area contributed by atoms with Gasteiger partial charge < -0.3 is 15.9 Å². The molecule has 0 atom stereocenters. The van der Waals surface area contributed by atoms with Crippen LogP contribution in [0, 0.1) is 15.5 Å². The number of carbonyl (C=O) groups is 1. The van der Waals surface area contributed by atoms with Crippen LogP contribution in [-0.2, 0) is 9.63 Å². The van der Waals surface area contributed by atoms with Crippen LogP contribution < -0.4 is 11.1 Å². The zero-order chi connectivity index (χ0) is 11.2. The van der Waals surface area contributed by atoms with Crippen LogP contribution in [0.5, 0.6) is 0 Å². The van der Waals surface area contributed by atoms with Crippen molar-refractivity contribution in [3.8, 4) is 0 Å². The van der Waals surface area contributed by atoms with Crippen LogP contribution in [0.25, 0.3) is 0 Å². The van der Waals surface area contributed by atoms with E-state index in [0.717, 1.165) is 0 Å². The number of nitrogens with zero attached hydrogens (tertiary/aromatic N) is 1. The predicted molar refractivity (Wildman–Crippen MR) is 48.8 cm³/mol. The van der Waals surface area contributed by atoms with Gasteiger partial charge in [-0.2, -0.15) is 0 Å². The number of hydrogen-bond acceptors (Lipinski definition) is 5. The molecule has 0 spiro atoms. The summed E-state index contributed by atoms with van der Waals surface area (Å²) in [5.41, 5.74) is 4.58. The van der Waals surface area contributed by atoms with Gasteiger partial charge in [0.25, 0.3) is 5.09 Å². The van der Waals surface area contributed by atoms with Gasteiger partial charge in [0.05, 0.1) is 6.54 Å². The van der Waals surface area contributed by atoms with Crippen LogP contribution in [0.1, 0.15) is 13.8 Å². The molecule has 1 amide bonds. The lowest BCUT2D eigenvalue weighted by Gasteiger charge is -2.23. The number of nitrogens with one attached hydrogen (secondary N) is 1. The summed E-state index contributed by atoms with van der Waals surface area (Å²) in [6.07, 6.45) is 0. The van der Waals surface area contributed by atoms with Crippen molar-refractivity contribution < 1.29 is 14.7 Å². The van der Waals surface area contributed by atoms with Crippen LogP contribution in [0.4, 0.5) is 0 Å². The van der Waals surface area contributed by atoms with Gasteiger partial charge in [-0.25, -0.2) is 0 Å². The molecule has 0 radical (unpaired) electrons. The van der Waals surface area contributed by atoms with Crippen molar-refractivity contribution in [3.05, 3.63) is 10.1 Å². The SMILES string of the molecule is CC(C)(CNC(=O)CN)CO[N+](=O)[O-]. The molecule has 0 saturated heterocycles. The fraction of sp³-hybridized carbons (Fsp3) is 0.857. The van der Waals surface area contributed by atoms with E-state index in [9.17, 15) is 14.9 Å². The summed E-state index contributed by atoms with van der Waals surface area (Å²) in [7, 11) is 0. The molecule has 0 aromatic heterocycles. The molecule has 0 heterocycles. The monoisotopic (exact) mass is 205 g/mol. The molecule has 7 heteroatoms. The Balaban J connectivity index is 3.82. The molecule has 0 saturated carbocycles. The molecule has 0 rings (SSSR count). The van der Waals surface area contributed by atoms with E-state index >= 15 is 0 Å². The quantitative estimate of drug-likeness (QED) is 0.440. The van der Waals surface area contributed by atoms with E-state index in [0.29, 0.717) is 0 Å². The normalized spacial score (nSPS) is 10.8. The Morgan fingerprint density at radius 1 is 1.64 bits per heavy atom. The summed E-state index contributed by atoms with van der Waals surface area (Å²) in [5.74, 6) is -0.292. The van der Waals surface area contributed by atoms with Crippen molar-refractivity contribution >= 4 is 5.91 Å². The highest BCUT2D eigenvalue weighted by molar-refractivity contribution is 5.77. The summed E-state index contributed by atoms with van der Waals surface area (Å²) in [4.78, 5) is 24.9. The number of rotatable bonds is 6. The zero-order valence-corrected chi connectivity index (χ0v) is 8.28. The van der Waals surface area contributed by atoms with E-state index in [1.165, 1.54) is 0 Å². The summed E-state index contributed by atoms with van der Waals surface area (Å²) >= 11 is 0. The molecule has 0 aromatic rings. The van der Waals surface area contributed by atoms with Crippen molar-refractivity contribution in [2.75, 3.05) is 19.7 Å².